The van der Waals surface area contributed by atoms with E-state index in [0.717, 1.165) is 18.8 Å². The highest BCUT2D eigenvalue weighted by Crippen LogP contribution is 2.22. The first-order valence-electron chi connectivity index (χ1n) is 8.61. The summed E-state index contributed by atoms with van der Waals surface area (Å²) in [5, 5.41) is 5.94. The molecule has 1 saturated heterocycles. The highest BCUT2D eigenvalue weighted by Gasteiger charge is 2.11. The Balaban J connectivity index is 1.49. The van der Waals surface area contributed by atoms with Gasteiger partial charge in [0.25, 0.3) is 0 Å². The molecule has 0 atom stereocenters. The van der Waals surface area contributed by atoms with Gasteiger partial charge in [-0.3, -0.25) is 9.59 Å². The summed E-state index contributed by atoms with van der Waals surface area (Å²) in [5.41, 5.74) is 3.47. The standard InChI is InChI=1S/C20H23N3O2/c1-15(24)16-4-6-18(7-5-16)22-20(25)14-21-17-8-10-19(11-9-17)23-12-2-3-13-23/h4-11,21H,2-3,12-14H2,1H3,(H,22,25). The minimum absolute atomic E-state index is 0.0110. The van der Waals surface area contributed by atoms with Crippen LogP contribution in [0, 0.1) is 0 Å². The van der Waals surface area contributed by atoms with Crippen molar-refractivity contribution in [3.05, 3.63) is 54.1 Å². The number of Topliss-reactive ketones (excluding diaryl/α,β-unsaturated/α-hetero) is 1. The lowest BCUT2D eigenvalue weighted by atomic mass is 10.1. The Bertz CT molecular complexity index is 733. The van der Waals surface area contributed by atoms with Gasteiger partial charge in [-0.1, -0.05) is 0 Å². The van der Waals surface area contributed by atoms with Gasteiger partial charge in [-0.05, 0) is 68.3 Å². The van der Waals surface area contributed by atoms with Gasteiger partial charge in [0.15, 0.2) is 5.78 Å². The maximum absolute atomic E-state index is 12.0. The van der Waals surface area contributed by atoms with Crippen molar-refractivity contribution in [2.24, 2.45) is 0 Å². The number of rotatable bonds is 6. The molecule has 0 bridgehead atoms. The van der Waals surface area contributed by atoms with E-state index in [0.29, 0.717) is 11.3 Å². The Morgan fingerprint density at radius 1 is 0.920 bits per heavy atom. The average molecular weight is 337 g/mol. The number of carbonyl (C=O) groups is 2. The minimum Gasteiger partial charge on any atom is -0.376 e. The SMILES string of the molecule is CC(=O)c1ccc(NC(=O)CNc2ccc(N3CCCC3)cc2)cc1. The number of anilines is 3. The van der Waals surface area contributed by atoms with Crippen LogP contribution in [0.4, 0.5) is 17.1 Å². The number of hydrogen-bond donors (Lipinski definition) is 2. The van der Waals surface area contributed by atoms with E-state index in [2.05, 4.69) is 27.7 Å². The summed E-state index contributed by atoms with van der Waals surface area (Å²) in [6, 6.07) is 15.1. The predicted octanol–water partition coefficient (Wildman–Crippen LogP) is 3.54. The molecule has 25 heavy (non-hydrogen) atoms. The Morgan fingerprint density at radius 2 is 1.52 bits per heavy atom. The number of ketones is 1. The molecule has 2 aromatic carbocycles. The van der Waals surface area contributed by atoms with Crippen LogP contribution in [0.1, 0.15) is 30.1 Å². The molecule has 0 aliphatic carbocycles. The summed E-state index contributed by atoms with van der Waals surface area (Å²) in [6.07, 6.45) is 2.52. The van der Waals surface area contributed by atoms with Crippen molar-refractivity contribution in [1.82, 2.24) is 0 Å². The lowest BCUT2D eigenvalue weighted by Gasteiger charge is -2.18. The second kappa shape index (κ2) is 7.83. The van der Waals surface area contributed by atoms with Crippen LogP contribution in [0.3, 0.4) is 0 Å². The second-order valence-corrected chi connectivity index (χ2v) is 6.28. The number of nitrogens with zero attached hydrogens (tertiary/aromatic N) is 1. The lowest BCUT2D eigenvalue weighted by molar-refractivity contribution is -0.114. The van der Waals surface area contributed by atoms with Gasteiger partial charge < -0.3 is 15.5 Å². The van der Waals surface area contributed by atoms with E-state index < -0.39 is 0 Å². The summed E-state index contributed by atoms with van der Waals surface area (Å²) in [4.78, 5) is 25.7. The fourth-order valence-electron chi connectivity index (χ4n) is 2.94. The van der Waals surface area contributed by atoms with E-state index in [4.69, 9.17) is 0 Å². The molecule has 130 valence electrons. The number of carbonyl (C=O) groups excluding carboxylic acids is 2. The zero-order valence-corrected chi connectivity index (χ0v) is 14.4. The topological polar surface area (TPSA) is 61.4 Å². The zero-order chi connectivity index (χ0) is 17.6. The van der Waals surface area contributed by atoms with Gasteiger partial charge in [0.1, 0.15) is 0 Å². The first-order valence-corrected chi connectivity index (χ1v) is 8.61. The number of amides is 1. The normalized spacial score (nSPS) is 13.6. The smallest absolute Gasteiger partial charge is 0.243 e. The van der Waals surface area contributed by atoms with Crippen LogP contribution in [-0.4, -0.2) is 31.3 Å². The van der Waals surface area contributed by atoms with Gasteiger partial charge in [0.05, 0.1) is 6.54 Å². The molecule has 1 fully saturated rings. The number of benzene rings is 2. The van der Waals surface area contributed by atoms with Gasteiger partial charge in [-0.25, -0.2) is 0 Å². The van der Waals surface area contributed by atoms with Crippen molar-refractivity contribution in [3.8, 4) is 0 Å². The molecule has 2 N–H and O–H groups in total. The van der Waals surface area contributed by atoms with Crippen LogP contribution in [0.5, 0.6) is 0 Å². The van der Waals surface area contributed by atoms with Crippen LogP contribution >= 0.6 is 0 Å². The first-order chi connectivity index (χ1) is 12.1. The summed E-state index contributed by atoms with van der Waals surface area (Å²) in [7, 11) is 0. The van der Waals surface area contributed by atoms with Crippen molar-refractivity contribution >= 4 is 28.8 Å². The molecule has 1 heterocycles. The molecule has 5 nitrogen and oxygen atoms in total. The maximum atomic E-state index is 12.0. The lowest BCUT2D eigenvalue weighted by Crippen LogP contribution is -2.22. The molecule has 1 aliphatic heterocycles. The van der Waals surface area contributed by atoms with E-state index in [9.17, 15) is 9.59 Å². The van der Waals surface area contributed by atoms with Crippen molar-refractivity contribution in [2.45, 2.75) is 19.8 Å². The Hall–Kier alpha value is -2.82. The Labute approximate surface area is 148 Å². The Morgan fingerprint density at radius 3 is 2.12 bits per heavy atom. The molecule has 3 rings (SSSR count). The molecule has 0 saturated carbocycles. The van der Waals surface area contributed by atoms with Crippen LogP contribution in [0.25, 0.3) is 0 Å². The molecule has 5 heteroatoms. The molecular formula is C20H23N3O2. The molecule has 2 aromatic rings. The van der Waals surface area contributed by atoms with E-state index in [1.54, 1.807) is 24.3 Å². The summed E-state index contributed by atoms with van der Waals surface area (Å²) < 4.78 is 0. The molecule has 1 amide bonds. The first kappa shape index (κ1) is 17.0. The van der Waals surface area contributed by atoms with Gasteiger partial charge in [0, 0.05) is 35.7 Å². The average Bonchev–Trinajstić information content (AvgIpc) is 3.15. The van der Waals surface area contributed by atoms with Gasteiger partial charge in [0.2, 0.25) is 5.91 Å². The molecule has 0 spiro atoms. The largest absolute Gasteiger partial charge is 0.376 e. The van der Waals surface area contributed by atoms with E-state index in [1.165, 1.54) is 25.5 Å². The zero-order valence-electron chi connectivity index (χ0n) is 14.4. The van der Waals surface area contributed by atoms with E-state index in [-0.39, 0.29) is 18.2 Å². The highest BCUT2D eigenvalue weighted by molar-refractivity contribution is 5.96. The highest BCUT2D eigenvalue weighted by atomic mass is 16.2. The fourth-order valence-corrected chi connectivity index (χ4v) is 2.94. The maximum Gasteiger partial charge on any atom is 0.243 e. The van der Waals surface area contributed by atoms with Crippen LogP contribution in [0.2, 0.25) is 0 Å². The summed E-state index contributed by atoms with van der Waals surface area (Å²) in [5.74, 6) is -0.115. The quantitative estimate of drug-likeness (QED) is 0.792. The molecular weight excluding hydrogens is 314 g/mol. The van der Waals surface area contributed by atoms with Gasteiger partial charge >= 0.3 is 0 Å². The van der Waals surface area contributed by atoms with Crippen LogP contribution in [0.15, 0.2) is 48.5 Å². The monoisotopic (exact) mass is 337 g/mol. The molecule has 0 aromatic heterocycles. The van der Waals surface area contributed by atoms with Gasteiger partial charge in [-0.2, -0.15) is 0 Å². The third kappa shape index (κ3) is 4.59. The second-order valence-electron chi connectivity index (χ2n) is 6.28. The summed E-state index contributed by atoms with van der Waals surface area (Å²) in [6.45, 7) is 3.96. The van der Waals surface area contributed by atoms with E-state index >= 15 is 0 Å². The van der Waals surface area contributed by atoms with Crippen molar-refractivity contribution in [1.29, 1.82) is 0 Å². The van der Waals surface area contributed by atoms with Gasteiger partial charge in [-0.15, -0.1) is 0 Å². The van der Waals surface area contributed by atoms with E-state index in [1.807, 2.05) is 12.1 Å². The van der Waals surface area contributed by atoms with Crippen molar-refractivity contribution in [2.75, 3.05) is 35.2 Å². The fraction of sp³-hybridized carbons (Fsp3) is 0.300. The van der Waals surface area contributed by atoms with Crippen LogP contribution < -0.4 is 15.5 Å². The molecule has 0 radical (unpaired) electrons. The third-order valence-electron chi connectivity index (χ3n) is 4.37. The number of hydrogen-bond acceptors (Lipinski definition) is 4. The third-order valence-corrected chi connectivity index (χ3v) is 4.37. The van der Waals surface area contributed by atoms with Crippen molar-refractivity contribution in [3.63, 3.8) is 0 Å². The van der Waals surface area contributed by atoms with Crippen molar-refractivity contribution < 1.29 is 9.59 Å². The predicted molar refractivity (Wildman–Crippen MR) is 101 cm³/mol. The molecule has 0 unspecified atom stereocenters. The minimum atomic E-state index is -0.126. The number of nitrogens with one attached hydrogen (secondary N) is 2. The Kier molecular flexibility index (Phi) is 5.33. The molecule has 1 aliphatic rings. The van der Waals surface area contributed by atoms with Crippen LogP contribution in [-0.2, 0) is 4.79 Å². The summed E-state index contributed by atoms with van der Waals surface area (Å²) >= 11 is 0.